The van der Waals surface area contributed by atoms with Crippen molar-refractivity contribution < 1.29 is 0 Å². The van der Waals surface area contributed by atoms with Crippen molar-refractivity contribution in [3.05, 3.63) is 168 Å². The van der Waals surface area contributed by atoms with Crippen LogP contribution in [0.4, 0.5) is 11.4 Å². The lowest BCUT2D eigenvalue weighted by Crippen LogP contribution is -2.25. The zero-order valence-corrected chi connectivity index (χ0v) is 28.9. The summed E-state index contributed by atoms with van der Waals surface area (Å²) >= 11 is 0. The molecule has 0 aliphatic heterocycles. The molecule has 0 radical (unpaired) electrons. The molecule has 7 aromatic carbocycles. The number of hydrogen-bond donors (Lipinski definition) is 0. The first-order valence-electron chi connectivity index (χ1n) is 17.7. The number of rotatable bonds is 5. The van der Waals surface area contributed by atoms with Gasteiger partial charge < -0.3 is 4.90 Å². The molecule has 49 heavy (non-hydrogen) atoms. The van der Waals surface area contributed by atoms with E-state index in [-0.39, 0.29) is 0 Å². The van der Waals surface area contributed by atoms with Crippen LogP contribution in [-0.2, 0) is 0 Å². The molecule has 0 N–H and O–H groups in total. The molecule has 0 fully saturated rings. The van der Waals surface area contributed by atoms with Gasteiger partial charge in [0.2, 0.25) is 0 Å². The van der Waals surface area contributed by atoms with Gasteiger partial charge in [0.15, 0.2) is 0 Å². The van der Waals surface area contributed by atoms with Crippen LogP contribution in [0, 0.1) is 0 Å². The van der Waals surface area contributed by atoms with Gasteiger partial charge in [0.05, 0.1) is 0 Å². The SMILES string of the molecule is C/C=c1/cccc(-c2ccc(N(C3=CCCC=C3)c3ccc(-c4ccc5c6ccccc6c6ccccc6c5c4)cc3)cc2)/c1=C/C.CC. The number of hydrogen-bond acceptors (Lipinski definition) is 1. The Bertz CT molecular complexity index is 2420. The summed E-state index contributed by atoms with van der Waals surface area (Å²) in [5.41, 5.74) is 8.46. The van der Waals surface area contributed by atoms with E-state index in [4.69, 9.17) is 0 Å². The molecule has 1 nitrogen and oxygen atoms in total. The van der Waals surface area contributed by atoms with Crippen molar-refractivity contribution in [2.45, 2.75) is 40.5 Å². The molecule has 0 unspecified atom stereocenters. The van der Waals surface area contributed by atoms with Crippen LogP contribution in [0.5, 0.6) is 0 Å². The molecular weight excluding hydrogens is 591 g/mol. The standard InChI is InChI=1S/C46H37N.C2H6/c1-3-32-13-12-20-40(39(32)4-2)34-23-28-38(29-24-34)47(36-14-6-5-7-15-36)37-26-21-33(22-27-37)35-25-30-45-43-18-9-8-16-41(43)42-17-10-11-19-44(42)46(45)31-35;1-2/h3-4,6,8-31H,5,7H2,1-2H3;1-2H3/b32-3-,39-4+;. The van der Waals surface area contributed by atoms with Crippen molar-refractivity contribution in [2.75, 3.05) is 4.90 Å². The summed E-state index contributed by atoms with van der Waals surface area (Å²) in [4.78, 5) is 2.38. The molecule has 0 atom stereocenters. The zero-order valence-electron chi connectivity index (χ0n) is 28.9. The quantitative estimate of drug-likeness (QED) is 0.171. The predicted octanol–water partition coefficient (Wildman–Crippen LogP) is 12.5. The second kappa shape index (κ2) is 14.2. The molecule has 0 heterocycles. The summed E-state index contributed by atoms with van der Waals surface area (Å²) in [6, 6.07) is 49.1. The molecule has 0 amide bonds. The Morgan fingerprint density at radius 2 is 1.04 bits per heavy atom. The largest absolute Gasteiger partial charge is 0.311 e. The van der Waals surface area contributed by atoms with Crippen LogP contribution < -0.4 is 15.3 Å². The van der Waals surface area contributed by atoms with Crippen LogP contribution in [0.3, 0.4) is 0 Å². The molecule has 240 valence electrons. The van der Waals surface area contributed by atoms with Gasteiger partial charge >= 0.3 is 0 Å². The van der Waals surface area contributed by atoms with Gasteiger partial charge in [0, 0.05) is 17.1 Å². The maximum atomic E-state index is 2.38. The first kappa shape index (κ1) is 31.9. The fourth-order valence-electron chi connectivity index (χ4n) is 7.30. The minimum atomic E-state index is 1.05. The minimum absolute atomic E-state index is 1.05. The van der Waals surface area contributed by atoms with Crippen LogP contribution in [0.2, 0.25) is 0 Å². The van der Waals surface area contributed by atoms with Crippen molar-refractivity contribution in [2.24, 2.45) is 0 Å². The van der Waals surface area contributed by atoms with E-state index in [2.05, 4.69) is 183 Å². The molecule has 1 heteroatoms. The zero-order chi connectivity index (χ0) is 33.7. The molecule has 1 aliphatic carbocycles. The van der Waals surface area contributed by atoms with Crippen LogP contribution in [0.1, 0.15) is 40.5 Å². The topological polar surface area (TPSA) is 3.24 Å². The average Bonchev–Trinajstić information content (AvgIpc) is 3.19. The number of allylic oxidation sites excluding steroid dienone is 3. The second-order valence-electron chi connectivity index (χ2n) is 12.3. The second-order valence-corrected chi connectivity index (χ2v) is 12.3. The van der Waals surface area contributed by atoms with E-state index >= 15 is 0 Å². The Morgan fingerprint density at radius 1 is 0.490 bits per heavy atom. The van der Waals surface area contributed by atoms with Gasteiger partial charge in [0.25, 0.3) is 0 Å². The molecule has 7 aromatic rings. The third kappa shape index (κ3) is 5.98. The van der Waals surface area contributed by atoms with Gasteiger partial charge in [-0.15, -0.1) is 0 Å². The predicted molar refractivity (Wildman–Crippen MR) is 216 cm³/mol. The van der Waals surface area contributed by atoms with Crippen molar-refractivity contribution in [1.29, 1.82) is 0 Å². The van der Waals surface area contributed by atoms with E-state index in [1.54, 1.807) is 0 Å². The monoisotopic (exact) mass is 633 g/mol. The van der Waals surface area contributed by atoms with E-state index in [9.17, 15) is 0 Å². The Morgan fingerprint density at radius 3 is 1.59 bits per heavy atom. The lowest BCUT2D eigenvalue weighted by Gasteiger charge is -2.28. The summed E-state index contributed by atoms with van der Waals surface area (Å²) in [5, 5.41) is 10.4. The van der Waals surface area contributed by atoms with E-state index in [1.807, 2.05) is 13.8 Å². The third-order valence-corrected chi connectivity index (χ3v) is 9.61. The molecular formula is C48H43N. The van der Waals surface area contributed by atoms with Crippen molar-refractivity contribution in [3.63, 3.8) is 0 Å². The van der Waals surface area contributed by atoms with E-state index in [0.29, 0.717) is 0 Å². The Kier molecular flexibility index (Phi) is 9.26. The first-order valence-corrected chi connectivity index (χ1v) is 17.7. The molecule has 8 rings (SSSR count). The van der Waals surface area contributed by atoms with Gasteiger partial charge in [0.1, 0.15) is 0 Å². The lowest BCUT2D eigenvalue weighted by atomic mass is 9.92. The van der Waals surface area contributed by atoms with E-state index in [1.165, 1.54) is 70.7 Å². The highest BCUT2D eigenvalue weighted by atomic mass is 15.1. The molecule has 0 saturated carbocycles. The average molecular weight is 634 g/mol. The molecule has 1 aliphatic rings. The van der Waals surface area contributed by atoms with Crippen molar-refractivity contribution in [3.8, 4) is 22.3 Å². The fourth-order valence-corrected chi connectivity index (χ4v) is 7.30. The Labute approximate surface area is 290 Å². The molecule has 0 bridgehead atoms. The Balaban J connectivity index is 0.00000186. The van der Waals surface area contributed by atoms with Crippen molar-refractivity contribution in [1.82, 2.24) is 0 Å². The Hall–Kier alpha value is -5.66. The van der Waals surface area contributed by atoms with Gasteiger partial charge in [-0.2, -0.15) is 0 Å². The normalized spacial score (nSPS) is 13.4. The summed E-state index contributed by atoms with van der Waals surface area (Å²) in [6.07, 6.45) is 13.4. The first-order chi connectivity index (χ1) is 24.2. The van der Waals surface area contributed by atoms with Gasteiger partial charge in [-0.05, 0) is 128 Å². The smallest absolute Gasteiger partial charge is 0.0461 e. The highest BCUT2D eigenvalue weighted by molar-refractivity contribution is 6.25. The van der Waals surface area contributed by atoms with Gasteiger partial charge in [-0.3, -0.25) is 0 Å². The van der Waals surface area contributed by atoms with Gasteiger partial charge in [-0.25, -0.2) is 0 Å². The van der Waals surface area contributed by atoms with Crippen LogP contribution in [0.25, 0.3) is 66.7 Å². The molecule has 0 aromatic heterocycles. The minimum Gasteiger partial charge on any atom is -0.311 e. The van der Waals surface area contributed by atoms with E-state index in [0.717, 1.165) is 24.2 Å². The third-order valence-electron chi connectivity index (χ3n) is 9.61. The van der Waals surface area contributed by atoms with Crippen LogP contribution in [0.15, 0.2) is 157 Å². The lowest BCUT2D eigenvalue weighted by molar-refractivity contribution is 0.997. The fraction of sp³-hybridized carbons (Fsp3) is 0.125. The number of fused-ring (bicyclic) bond motifs is 6. The maximum absolute atomic E-state index is 2.38. The number of nitrogens with zero attached hydrogens (tertiary/aromatic N) is 1. The van der Waals surface area contributed by atoms with Crippen LogP contribution in [-0.4, -0.2) is 0 Å². The summed E-state index contributed by atoms with van der Waals surface area (Å²) in [7, 11) is 0. The summed E-state index contributed by atoms with van der Waals surface area (Å²) < 4.78 is 0. The summed E-state index contributed by atoms with van der Waals surface area (Å²) in [5.74, 6) is 0. The number of benzene rings is 7. The van der Waals surface area contributed by atoms with Gasteiger partial charge in [-0.1, -0.05) is 141 Å². The van der Waals surface area contributed by atoms with E-state index < -0.39 is 0 Å². The van der Waals surface area contributed by atoms with Crippen molar-refractivity contribution >= 4 is 55.8 Å². The highest BCUT2D eigenvalue weighted by Crippen LogP contribution is 2.38. The van der Waals surface area contributed by atoms with Crippen LogP contribution >= 0.6 is 0 Å². The number of anilines is 2. The molecule has 0 spiro atoms. The molecule has 0 saturated heterocycles. The maximum Gasteiger partial charge on any atom is 0.0461 e. The summed E-state index contributed by atoms with van der Waals surface area (Å²) in [6.45, 7) is 8.23. The highest BCUT2D eigenvalue weighted by Gasteiger charge is 2.16.